The summed E-state index contributed by atoms with van der Waals surface area (Å²) in [5.41, 5.74) is 1.26. The Morgan fingerprint density at radius 2 is 1.56 bits per heavy atom. The van der Waals surface area contributed by atoms with E-state index in [1.54, 1.807) is 0 Å². The number of carbonyl (C=O) groups excluding carboxylic acids is 2. The van der Waals surface area contributed by atoms with Crippen LogP contribution in [-0.2, 0) is 4.79 Å². The van der Waals surface area contributed by atoms with Crippen molar-refractivity contribution in [2.75, 3.05) is 38.0 Å². The summed E-state index contributed by atoms with van der Waals surface area (Å²) < 4.78 is 12.9. The smallest absolute Gasteiger partial charge is 0.253 e. The molecule has 0 aromatic heterocycles. The maximum Gasteiger partial charge on any atom is 0.253 e. The Kier molecular flexibility index (Phi) is 5.40. The molecule has 0 spiro atoms. The molecule has 2 aromatic carbocycles. The number of hydrogen-bond acceptors (Lipinski definition) is 3. The SMILES string of the molecule is O=C(CN1CCN(C(=O)c2ccccc2)CC1)Nc1ccc(F)cc1. The van der Waals surface area contributed by atoms with Crippen LogP contribution in [0.1, 0.15) is 10.4 Å². The van der Waals surface area contributed by atoms with Gasteiger partial charge in [0.15, 0.2) is 0 Å². The van der Waals surface area contributed by atoms with Gasteiger partial charge in [0.25, 0.3) is 5.91 Å². The van der Waals surface area contributed by atoms with Gasteiger partial charge in [-0.25, -0.2) is 4.39 Å². The molecular formula is C19H20FN3O2. The van der Waals surface area contributed by atoms with Gasteiger partial charge in [0.2, 0.25) is 5.91 Å². The standard InChI is InChI=1S/C19H20FN3O2/c20-16-6-8-17(9-7-16)21-18(24)14-22-10-12-23(13-11-22)19(25)15-4-2-1-3-5-15/h1-9H,10-14H2,(H,21,24). The zero-order valence-electron chi connectivity index (χ0n) is 13.8. The van der Waals surface area contributed by atoms with E-state index in [0.717, 1.165) is 0 Å². The van der Waals surface area contributed by atoms with E-state index < -0.39 is 0 Å². The van der Waals surface area contributed by atoms with Crippen LogP contribution in [0.3, 0.4) is 0 Å². The lowest BCUT2D eigenvalue weighted by atomic mass is 10.2. The van der Waals surface area contributed by atoms with Crippen molar-refractivity contribution < 1.29 is 14.0 Å². The molecule has 1 heterocycles. The minimum absolute atomic E-state index is 0.0241. The van der Waals surface area contributed by atoms with Crippen molar-refractivity contribution in [3.63, 3.8) is 0 Å². The Balaban J connectivity index is 1.46. The summed E-state index contributed by atoms with van der Waals surface area (Å²) >= 11 is 0. The molecule has 2 aromatic rings. The van der Waals surface area contributed by atoms with Gasteiger partial charge in [-0.3, -0.25) is 14.5 Å². The van der Waals surface area contributed by atoms with Crippen LogP contribution in [0.2, 0.25) is 0 Å². The second-order valence-corrected chi connectivity index (χ2v) is 5.99. The van der Waals surface area contributed by atoms with Crippen molar-refractivity contribution in [3.8, 4) is 0 Å². The third-order valence-electron chi connectivity index (χ3n) is 4.18. The molecule has 0 saturated carbocycles. The highest BCUT2D eigenvalue weighted by Gasteiger charge is 2.23. The summed E-state index contributed by atoms with van der Waals surface area (Å²) in [6.45, 7) is 2.74. The summed E-state index contributed by atoms with van der Waals surface area (Å²) in [4.78, 5) is 28.3. The normalized spacial score (nSPS) is 15.0. The van der Waals surface area contributed by atoms with E-state index in [1.807, 2.05) is 40.1 Å². The first-order valence-electron chi connectivity index (χ1n) is 8.24. The van der Waals surface area contributed by atoms with Gasteiger partial charge in [-0.05, 0) is 36.4 Å². The molecule has 2 amide bonds. The van der Waals surface area contributed by atoms with Gasteiger partial charge in [0.1, 0.15) is 5.82 Å². The van der Waals surface area contributed by atoms with E-state index in [-0.39, 0.29) is 24.2 Å². The largest absolute Gasteiger partial charge is 0.336 e. The Labute approximate surface area is 146 Å². The van der Waals surface area contributed by atoms with Crippen LogP contribution in [-0.4, -0.2) is 54.3 Å². The summed E-state index contributed by atoms with van der Waals surface area (Å²) in [5, 5.41) is 2.75. The van der Waals surface area contributed by atoms with Crippen LogP contribution in [0.15, 0.2) is 54.6 Å². The number of carbonyl (C=O) groups is 2. The van der Waals surface area contributed by atoms with E-state index in [0.29, 0.717) is 37.4 Å². The van der Waals surface area contributed by atoms with Gasteiger partial charge in [-0.2, -0.15) is 0 Å². The molecule has 1 aliphatic rings. The molecule has 1 N–H and O–H groups in total. The summed E-state index contributed by atoms with van der Waals surface area (Å²) in [6, 6.07) is 14.9. The zero-order valence-corrected chi connectivity index (χ0v) is 13.8. The zero-order chi connectivity index (χ0) is 17.6. The molecule has 130 valence electrons. The molecule has 1 aliphatic heterocycles. The molecule has 0 bridgehead atoms. The molecule has 6 heteroatoms. The highest BCUT2D eigenvalue weighted by atomic mass is 19.1. The van der Waals surface area contributed by atoms with Crippen molar-refractivity contribution in [2.45, 2.75) is 0 Å². The predicted octanol–water partition coefficient (Wildman–Crippen LogP) is 2.22. The third kappa shape index (κ3) is 4.64. The van der Waals surface area contributed by atoms with E-state index >= 15 is 0 Å². The van der Waals surface area contributed by atoms with Crippen LogP contribution >= 0.6 is 0 Å². The van der Waals surface area contributed by atoms with Gasteiger partial charge in [0, 0.05) is 37.4 Å². The van der Waals surface area contributed by atoms with Crippen molar-refractivity contribution in [2.24, 2.45) is 0 Å². The van der Waals surface area contributed by atoms with E-state index in [4.69, 9.17) is 0 Å². The number of nitrogens with zero attached hydrogens (tertiary/aromatic N) is 2. The van der Waals surface area contributed by atoms with Crippen molar-refractivity contribution in [1.82, 2.24) is 9.80 Å². The lowest BCUT2D eigenvalue weighted by Crippen LogP contribution is -2.50. The highest BCUT2D eigenvalue weighted by molar-refractivity contribution is 5.94. The van der Waals surface area contributed by atoms with Crippen LogP contribution in [0, 0.1) is 5.82 Å². The van der Waals surface area contributed by atoms with Gasteiger partial charge in [0.05, 0.1) is 6.54 Å². The molecule has 3 rings (SSSR count). The third-order valence-corrected chi connectivity index (χ3v) is 4.18. The fourth-order valence-electron chi connectivity index (χ4n) is 2.81. The number of amides is 2. The molecule has 25 heavy (non-hydrogen) atoms. The maximum absolute atomic E-state index is 12.9. The first-order chi connectivity index (χ1) is 12.1. The first-order valence-corrected chi connectivity index (χ1v) is 8.24. The monoisotopic (exact) mass is 341 g/mol. The lowest BCUT2D eigenvalue weighted by Gasteiger charge is -2.34. The second-order valence-electron chi connectivity index (χ2n) is 5.99. The van der Waals surface area contributed by atoms with Crippen LogP contribution in [0.4, 0.5) is 10.1 Å². The van der Waals surface area contributed by atoms with E-state index in [2.05, 4.69) is 5.32 Å². The summed E-state index contributed by atoms with van der Waals surface area (Å²) in [7, 11) is 0. The number of anilines is 1. The summed E-state index contributed by atoms with van der Waals surface area (Å²) in [5.74, 6) is -0.456. The minimum Gasteiger partial charge on any atom is -0.336 e. The van der Waals surface area contributed by atoms with Gasteiger partial charge < -0.3 is 10.2 Å². The first kappa shape index (κ1) is 17.1. The highest BCUT2D eigenvalue weighted by Crippen LogP contribution is 2.10. The fraction of sp³-hybridized carbons (Fsp3) is 0.263. The van der Waals surface area contributed by atoms with E-state index in [1.165, 1.54) is 24.3 Å². The van der Waals surface area contributed by atoms with Gasteiger partial charge in [-0.1, -0.05) is 18.2 Å². The lowest BCUT2D eigenvalue weighted by molar-refractivity contribution is -0.117. The molecule has 1 saturated heterocycles. The number of piperazine rings is 1. The number of benzene rings is 2. The number of halogens is 1. The number of nitrogens with one attached hydrogen (secondary N) is 1. The Morgan fingerprint density at radius 1 is 0.920 bits per heavy atom. The number of rotatable bonds is 4. The molecule has 1 fully saturated rings. The van der Waals surface area contributed by atoms with Crippen molar-refractivity contribution in [3.05, 3.63) is 66.0 Å². The molecular weight excluding hydrogens is 321 g/mol. The Bertz CT molecular complexity index is 726. The molecule has 5 nitrogen and oxygen atoms in total. The maximum atomic E-state index is 12.9. The average Bonchev–Trinajstić information content (AvgIpc) is 2.64. The average molecular weight is 341 g/mol. The minimum atomic E-state index is -0.336. The van der Waals surface area contributed by atoms with Crippen molar-refractivity contribution >= 4 is 17.5 Å². The number of hydrogen-bond donors (Lipinski definition) is 1. The Morgan fingerprint density at radius 3 is 2.20 bits per heavy atom. The molecule has 0 atom stereocenters. The van der Waals surface area contributed by atoms with E-state index in [9.17, 15) is 14.0 Å². The fourth-order valence-corrected chi connectivity index (χ4v) is 2.81. The van der Waals surface area contributed by atoms with Crippen LogP contribution < -0.4 is 5.32 Å². The molecule has 0 unspecified atom stereocenters. The molecule has 0 aliphatic carbocycles. The second kappa shape index (κ2) is 7.90. The van der Waals surface area contributed by atoms with Gasteiger partial charge in [-0.15, -0.1) is 0 Å². The topological polar surface area (TPSA) is 52.7 Å². The summed E-state index contributed by atoms with van der Waals surface area (Å²) in [6.07, 6.45) is 0. The van der Waals surface area contributed by atoms with Crippen LogP contribution in [0.25, 0.3) is 0 Å². The molecule has 0 radical (unpaired) electrons. The van der Waals surface area contributed by atoms with Crippen LogP contribution in [0.5, 0.6) is 0 Å². The van der Waals surface area contributed by atoms with Crippen molar-refractivity contribution in [1.29, 1.82) is 0 Å². The Hall–Kier alpha value is -2.73. The quantitative estimate of drug-likeness (QED) is 0.928. The predicted molar refractivity (Wildman–Crippen MR) is 93.8 cm³/mol. The van der Waals surface area contributed by atoms with Gasteiger partial charge >= 0.3 is 0 Å².